The number of benzene rings is 1. The number of nitrogens with zero attached hydrogens (tertiary/aromatic N) is 2. The zero-order chi connectivity index (χ0) is 13.0. The molecule has 1 atom stereocenters. The van der Waals surface area contributed by atoms with E-state index in [-0.39, 0.29) is 5.56 Å². The quantitative estimate of drug-likeness (QED) is 0.873. The summed E-state index contributed by atoms with van der Waals surface area (Å²) in [6.45, 7) is 5.86. The second-order valence-corrected chi connectivity index (χ2v) is 4.51. The minimum absolute atomic E-state index is 0.0456. The van der Waals surface area contributed by atoms with Crippen molar-refractivity contribution in [2.24, 2.45) is 0 Å². The molecule has 1 unspecified atom stereocenters. The van der Waals surface area contributed by atoms with E-state index in [0.717, 1.165) is 18.5 Å². The van der Waals surface area contributed by atoms with Crippen LogP contribution in [0.2, 0.25) is 0 Å². The smallest absolute Gasteiger partial charge is 0.261 e. The predicted octanol–water partition coefficient (Wildman–Crippen LogP) is 1.78. The number of hydrogen-bond donors (Lipinski definition) is 1. The average molecular weight is 245 g/mol. The Bertz CT molecular complexity index is 577. The van der Waals surface area contributed by atoms with E-state index in [0.29, 0.717) is 18.0 Å². The maximum atomic E-state index is 12.2. The van der Waals surface area contributed by atoms with Crippen LogP contribution >= 0.6 is 0 Å². The molecule has 0 fully saturated rings. The molecule has 0 bridgehead atoms. The molecule has 1 heterocycles. The Kier molecular flexibility index (Phi) is 4.10. The van der Waals surface area contributed by atoms with Gasteiger partial charge < -0.3 is 5.32 Å². The molecule has 0 saturated carbocycles. The topological polar surface area (TPSA) is 46.9 Å². The zero-order valence-corrected chi connectivity index (χ0v) is 10.9. The normalized spacial score (nSPS) is 12.8. The lowest BCUT2D eigenvalue weighted by molar-refractivity contribution is 0.481. The van der Waals surface area contributed by atoms with Crippen molar-refractivity contribution in [3.8, 4) is 0 Å². The van der Waals surface area contributed by atoms with Crippen molar-refractivity contribution in [3.05, 3.63) is 40.9 Å². The summed E-state index contributed by atoms with van der Waals surface area (Å²) in [4.78, 5) is 16.5. The van der Waals surface area contributed by atoms with Crippen molar-refractivity contribution in [2.45, 2.75) is 32.9 Å². The molecule has 18 heavy (non-hydrogen) atoms. The van der Waals surface area contributed by atoms with Gasteiger partial charge in [0.05, 0.1) is 17.2 Å². The Balaban J connectivity index is 2.19. The van der Waals surface area contributed by atoms with E-state index in [9.17, 15) is 4.79 Å². The highest BCUT2D eigenvalue weighted by Crippen LogP contribution is 2.05. The lowest BCUT2D eigenvalue weighted by atomic mass is 10.2. The molecule has 0 aliphatic carbocycles. The fourth-order valence-corrected chi connectivity index (χ4v) is 2.05. The Morgan fingerprint density at radius 2 is 2.17 bits per heavy atom. The monoisotopic (exact) mass is 245 g/mol. The summed E-state index contributed by atoms with van der Waals surface area (Å²) in [5.74, 6) is 0. The molecule has 0 radical (unpaired) electrons. The van der Waals surface area contributed by atoms with E-state index < -0.39 is 0 Å². The summed E-state index contributed by atoms with van der Waals surface area (Å²) in [6.07, 6.45) is 2.57. The molecule has 2 aromatic rings. The van der Waals surface area contributed by atoms with Crippen LogP contribution in [-0.2, 0) is 6.54 Å². The van der Waals surface area contributed by atoms with E-state index >= 15 is 0 Å². The Labute approximate surface area is 107 Å². The van der Waals surface area contributed by atoms with E-state index in [1.54, 1.807) is 10.9 Å². The van der Waals surface area contributed by atoms with Crippen LogP contribution in [0.1, 0.15) is 20.3 Å². The Hall–Kier alpha value is -1.68. The summed E-state index contributed by atoms with van der Waals surface area (Å²) in [7, 11) is 0. The Morgan fingerprint density at radius 1 is 1.39 bits per heavy atom. The number of rotatable bonds is 5. The number of aryl methyl sites for hydroxylation is 1. The molecule has 0 spiro atoms. The number of fused-ring (bicyclic) bond motifs is 1. The van der Waals surface area contributed by atoms with Crippen molar-refractivity contribution in [1.29, 1.82) is 0 Å². The van der Waals surface area contributed by atoms with Crippen molar-refractivity contribution in [1.82, 2.24) is 14.9 Å². The predicted molar refractivity (Wildman–Crippen MR) is 73.8 cm³/mol. The van der Waals surface area contributed by atoms with Crippen LogP contribution in [0.15, 0.2) is 35.4 Å². The highest BCUT2D eigenvalue weighted by Gasteiger charge is 2.05. The number of nitrogens with one attached hydrogen (secondary N) is 1. The maximum Gasteiger partial charge on any atom is 0.261 e. The highest BCUT2D eigenvalue weighted by atomic mass is 16.1. The maximum absolute atomic E-state index is 12.2. The average Bonchev–Trinajstić information content (AvgIpc) is 2.39. The van der Waals surface area contributed by atoms with Gasteiger partial charge in [0.15, 0.2) is 0 Å². The lowest BCUT2D eigenvalue weighted by Crippen LogP contribution is -2.29. The van der Waals surface area contributed by atoms with Crippen molar-refractivity contribution in [2.75, 3.05) is 6.54 Å². The highest BCUT2D eigenvalue weighted by molar-refractivity contribution is 5.76. The van der Waals surface area contributed by atoms with Gasteiger partial charge in [-0.2, -0.15) is 0 Å². The largest absolute Gasteiger partial charge is 0.314 e. The molecule has 4 heteroatoms. The van der Waals surface area contributed by atoms with Gasteiger partial charge in [-0.05, 0) is 32.0 Å². The fraction of sp³-hybridized carbons (Fsp3) is 0.429. The second kappa shape index (κ2) is 5.78. The molecule has 0 amide bonds. The molecule has 96 valence electrons. The van der Waals surface area contributed by atoms with Crippen LogP contribution in [-0.4, -0.2) is 22.1 Å². The fourth-order valence-electron chi connectivity index (χ4n) is 2.05. The minimum atomic E-state index is 0.0456. The van der Waals surface area contributed by atoms with Crippen LogP contribution in [0.3, 0.4) is 0 Å². The number of aromatic nitrogens is 2. The first-order valence-electron chi connectivity index (χ1n) is 6.40. The molecule has 0 aliphatic heterocycles. The van der Waals surface area contributed by atoms with Gasteiger partial charge in [0.25, 0.3) is 5.56 Å². The van der Waals surface area contributed by atoms with Gasteiger partial charge in [0.2, 0.25) is 0 Å². The van der Waals surface area contributed by atoms with Crippen LogP contribution in [0.25, 0.3) is 10.9 Å². The molecule has 1 aromatic carbocycles. The first kappa shape index (κ1) is 12.8. The van der Waals surface area contributed by atoms with Gasteiger partial charge >= 0.3 is 0 Å². The summed E-state index contributed by atoms with van der Waals surface area (Å²) < 4.78 is 1.69. The van der Waals surface area contributed by atoms with Gasteiger partial charge in [-0.25, -0.2) is 4.98 Å². The first-order valence-corrected chi connectivity index (χ1v) is 6.40. The van der Waals surface area contributed by atoms with Crippen LogP contribution in [0, 0.1) is 0 Å². The van der Waals surface area contributed by atoms with Crippen LogP contribution < -0.4 is 10.9 Å². The van der Waals surface area contributed by atoms with Gasteiger partial charge in [0.1, 0.15) is 0 Å². The van der Waals surface area contributed by atoms with Crippen molar-refractivity contribution < 1.29 is 0 Å². The first-order chi connectivity index (χ1) is 8.72. The standard InChI is InChI=1S/C14H19N3O/c1-3-15-11(2)8-9-17-10-16-13-7-5-4-6-12(13)14(17)18/h4-7,10-11,15H,3,8-9H2,1-2H3. The summed E-state index contributed by atoms with van der Waals surface area (Å²) in [5, 5.41) is 4.03. The third kappa shape index (κ3) is 2.76. The van der Waals surface area contributed by atoms with Crippen molar-refractivity contribution in [3.63, 3.8) is 0 Å². The van der Waals surface area contributed by atoms with Crippen molar-refractivity contribution >= 4 is 10.9 Å². The van der Waals surface area contributed by atoms with Gasteiger partial charge in [-0.1, -0.05) is 19.1 Å². The number of hydrogen-bond acceptors (Lipinski definition) is 3. The Morgan fingerprint density at radius 3 is 2.94 bits per heavy atom. The molecule has 1 aromatic heterocycles. The van der Waals surface area contributed by atoms with E-state index in [1.165, 1.54) is 0 Å². The van der Waals surface area contributed by atoms with Gasteiger partial charge in [-0.3, -0.25) is 9.36 Å². The zero-order valence-electron chi connectivity index (χ0n) is 10.9. The minimum Gasteiger partial charge on any atom is -0.314 e. The van der Waals surface area contributed by atoms with E-state index in [1.807, 2.05) is 24.3 Å². The molecule has 0 saturated heterocycles. The molecule has 4 nitrogen and oxygen atoms in total. The van der Waals surface area contributed by atoms with Gasteiger partial charge in [0, 0.05) is 12.6 Å². The summed E-state index contributed by atoms with van der Waals surface area (Å²) in [5.41, 5.74) is 0.808. The molecule has 1 N–H and O–H groups in total. The summed E-state index contributed by atoms with van der Waals surface area (Å²) >= 11 is 0. The lowest BCUT2D eigenvalue weighted by Gasteiger charge is -2.13. The molecular formula is C14H19N3O. The summed E-state index contributed by atoms with van der Waals surface area (Å²) in [6, 6.07) is 7.87. The molecular weight excluding hydrogens is 226 g/mol. The third-order valence-electron chi connectivity index (χ3n) is 3.09. The van der Waals surface area contributed by atoms with Crippen LogP contribution in [0.4, 0.5) is 0 Å². The van der Waals surface area contributed by atoms with E-state index in [2.05, 4.69) is 24.1 Å². The third-order valence-corrected chi connectivity index (χ3v) is 3.09. The molecule has 2 rings (SSSR count). The SMILES string of the molecule is CCNC(C)CCn1cnc2ccccc2c1=O. The van der Waals surface area contributed by atoms with E-state index in [4.69, 9.17) is 0 Å². The van der Waals surface area contributed by atoms with Crippen LogP contribution in [0.5, 0.6) is 0 Å². The molecule has 0 aliphatic rings. The second-order valence-electron chi connectivity index (χ2n) is 4.51. The number of para-hydroxylation sites is 1. The van der Waals surface area contributed by atoms with Gasteiger partial charge in [-0.15, -0.1) is 0 Å².